The Hall–Kier alpha value is -0.960. The number of aryl methyl sites for hydroxylation is 1. The molecule has 0 unspecified atom stereocenters. The molecule has 0 atom stereocenters. The van der Waals surface area contributed by atoms with Crippen LogP contribution in [0.3, 0.4) is 0 Å². The molecule has 1 aliphatic heterocycles. The van der Waals surface area contributed by atoms with Gasteiger partial charge in [0.25, 0.3) is 10.2 Å². The van der Waals surface area contributed by atoms with Crippen molar-refractivity contribution in [1.29, 1.82) is 0 Å². The van der Waals surface area contributed by atoms with Crippen LogP contribution < -0.4 is 4.72 Å². The second-order valence-corrected chi connectivity index (χ2v) is 7.78. The van der Waals surface area contributed by atoms with Gasteiger partial charge < -0.3 is 4.52 Å². The van der Waals surface area contributed by atoms with Crippen LogP contribution in [0.25, 0.3) is 0 Å². The zero-order valence-corrected chi connectivity index (χ0v) is 14.4. The van der Waals surface area contributed by atoms with Gasteiger partial charge in [-0.05, 0) is 38.8 Å². The van der Waals surface area contributed by atoms with Crippen LogP contribution in [0, 0.1) is 12.8 Å². The standard InChI is InChI=1S/C14H26N4O3S/c1-4-17(3)22(19,20)15-10-13-5-7-18(8-6-13)11-14-9-12(2)16-21-14/h9,13,15H,4-8,10-11H2,1-3H3. The Bertz CT molecular complexity index is 564. The normalized spacial score (nSPS) is 18.2. The molecule has 1 fully saturated rings. The van der Waals surface area contributed by atoms with Crippen molar-refractivity contribution in [1.82, 2.24) is 19.1 Å². The molecule has 0 spiro atoms. The van der Waals surface area contributed by atoms with Crippen LogP contribution in [0.1, 0.15) is 31.2 Å². The minimum Gasteiger partial charge on any atom is -0.360 e. The summed E-state index contributed by atoms with van der Waals surface area (Å²) >= 11 is 0. The molecule has 1 aliphatic rings. The summed E-state index contributed by atoms with van der Waals surface area (Å²) in [5, 5.41) is 3.90. The van der Waals surface area contributed by atoms with E-state index in [2.05, 4.69) is 14.8 Å². The molecular formula is C14H26N4O3S. The SMILES string of the molecule is CCN(C)S(=O)(=O)NCC1CCN(Cc2cc(C)no2)CC1. The van der Waals surface area contributed by atoms with Crippen molar-refractivity contribution in [2.45, 2.75) is 33.2 Å². The molecule has 0 aromatic carbocycles. The number of rotatable bonds is 7. The number of piperidine rings is 1. The van der Waals surface area contributed by atoms with Crippen LogP contribution in [0.2, 0.25) is 0 Å². The Kier molecular flexibility index (Phi) is 5.96. The fourth-order valence-electron chi connectivity index (χ4n) is 2.56. The predicted octanol–water partition coefficient (Wildman–Crippen LogP) is 0.981. The van der Waals surface area contributed by atoms with E-state index in [-0.39, 0.29) is 0 Å². The third-order valence-electron chi connectivity index (χ3n) is 4.17. The fraction of sp³-hybridized carbons (Fsp3) is 0.786. The average molecular weight is 330 g/mol. The molecule has 126 valence electrons. The van der Waals surface area contributed by atoms with Crippen molar-refractivity contribution in [2.75, 3.05) is 33.2 Å². The van der Waals surface area contributed by atoms with Gasteiger partial charge in [0.15, 0.2) is 5.76 Å². The van der Waals surface area contributed by atoms with Gasteiger partial charge in [0, 0.05) is 26.2 Å². The lowest BCUT2D eigenvalue weighted by molar-refractivity contribution is 0.162. The van der Waals surface area contributed by atoms with E-state index in [4.69, 9.17) is 4.52 Å². The number of nitrogens with one attached hydrogen (secondary N) is 1. The van der Waals surface area contributed by atoms with Crippen molar-refractivity contribution in [3.05, 3.63) is 17.5 Å². The lowest BCUT2D eigenvalue weighted by Crippen LogP contribution is -2.42. The van der Waals surface area contributed by atoms with E-state index in [9.17, 15) is 8.42 Å². The Morgan fingerprint density at radius 2 is 2.14 bits per heavy atom. The second-order valence-electron chi connectivity index (χ2n) is 5.92. The molecule has 0 saturated carbocycles. The van der Waals surface area contributed by atoms with Crippen LogP contribution in [0.5, 0.6) is 0 Å². The van der Waals surface area contributed by atoms with Crippen molar-refractivity contribution in [3.8, 4) is 0 Å². The number of aromatic nitrogens is 1. The van der Waals surface area contributed by atoms with Gasteiger partial charge in [0.05, 0.1) is 12.2 Å². The first-order valence-electron chi connectivity index (χ1n) is 7.76. The van der Waals surface area contributed by atoms with E-state index in [1.54, 1.807) is 7.05 Å². The topological polar surface area (TPSA) is 78.7 Å². The first-order chi connectivity index (χ1) is 10.4. The molecule has 8 heteroatoms. The highest BCUT2D eigenvalue weighted by Crippen LogP contribution is 2.19. The molecule has 7 nitrogen and oxygen atoms in total. The van der Waals surface area contributed by atoms with E-state index >= 15 is 0 Å². The molecular weight excluding hydrogens is 304 g/mol. The summed E-state index contributed by atoms with van der Waals surface area (Å²) in [5.74, 6) is 1.29. The second kappa shape index (κ2) is 7.54. The first-order valence-corrected chi connectivity index (χ1v) is 9.20. The molecule has 1 saturated heterocycles. The monoisotopic (exact) mass is 330 g/mol. The summed E-state index contributed by atoms with van der Waals surface area (Å²) in [5.41, 5.74) is 0.902. The third-order valence-corrected chi connectivity index (χ3v) is 5.78. The summed E-state index contributed by atoms with van der Waals surface area (Å²) < 4.78 is 33.1. The van der Waals surface area contributed by atoms with E-state index in [1.165, 1.54) is 4.31 Å². The van der Waals surface area contributed by atoms with Crippen LogP contribution in [-0.4, -0.2) is 56.0 Å². The van der Waals surface area contributed by atoms with Gasteiger partial charge in [-0.15, -0.1) is 0 Å². The predicted molar refractivity (Wildman–Crippen MR) is 84.5 cm³/mol. The highest BCUT2D eigenvalue weighted by Gasteiger charge is 2.23. The van der Waals surface area contributed by atoms with Gasteiger partial charge >= 0.3 is 0 Å². The number of nitrogens with zero attached hydrogens (tertiary/aromatic N) is 3. The Morgan fingerprint density at radius 1 is 1.45 bits per heavy atom. The smallest absolute Gasteiger partial charge is 0.279 e. The molecule has 0 amide bonds. The number of likely N-dealkylation sites (tertiary alicyclic amines) is 1. The number of hydrogen-bond donors (Lipinski definition) is 1. The van der Waals surface area contributed by atoms with E-state index in [1.807, 2.05) is 19.9 Å². The first kappa shape index (κ1) is 17.4. The lowest BCUT2D eigenvalue weighted by atomic mass is 9.97. The molecule has 1 aromatic rings. The molecule has 22 heavy (non-hydrogen) atoms. The van der Waals surface area contributed by atoms with E-state index in [0.717, 1.165) is 43.9 Å². The minimum atomic E-state index is -3.32. The Labute approximate surface area is 132 Å². The van der Waals surface area contributed by atoms with Gasteiger partial charge in [0.1, 0.15) is 0 Å². The van der Waals surface area contributed by atoms with Gasteiger partial charge in [-0.1, -0.05) is 12.1 Å². The Morgan fingerprint density at radius 3 is 2.68 bits per heavy atom. The summed E-state index contributed by atoms with van der Waals surface area (Å²) in [6.45, 7) is 7.41. The zero-order chi connectivity index (χ0) is 16.2. The van der Waals surface area contributed by atoms with Crippen LogP contribution >= 0.6 is 0 Å². The van der Waals surface area contributed by atoms with E-state index in [0.29, 0.717) is 19.0 Å². The molecule has 2 heterocycles. The van der Waals surface area contributed by atoms with Crippen molar-refractivity contribution in [2.24, 2.45) is 5.92 Å². The van der Waals surface area contributed by atoms with Crippen molar-refractivity contribution in [3.63, 3.8) is 0 Å². The maximum Gasteiger partial charge on any atom is 0.279 e. The molecule has 0 radical (unpaired) electrons. The van der Waals surface area contributed by atoms with Gasteiger partial charge in [0.2, 0.25) is 0 Å². The van der Waals surface area contributed by atoms with Crippen molar-refractivity contribution >= 4 is 10.2 Å². The molecule has 1 N–H and O–H groups in total. The maximum absolute atomic E-state index is 11.9. The summed E-state index contributed by atoms with van der Waals surface area (Å²) in [6, 6.07) is 1.96. The lowest BCUT2D eigenvalue weighted by Gasteiger charge is -2.31. The molecule has 0 bridgehead atoms. The third kappa shape index (κ3) is 4.77. The van der Waals surface area contributed by atoms with Gasteiger partial charge in [-0.25, -0.2) is 4.72 Å². The molecule has 2 rings (SSSR count). The van der Waals surface area contributed by atoms with Crippen LogP contribution in [0.4, 0.5) is 0 Å². The largest absolute Gasteiger partial charge is 0.360 e. The highest BCUT2D eigenvalue weighted by atomic mass is 32.2. The summed E-state index contributed by atoms with van der Waals surface area (Å²) in [4.78, 5) is 2.32. The van der Waals surface area contributed by atoms with Crippen molar-refractivity contribution < 1.29 is 12.9 Å². The number of hydrogen-bond acceptors (Lipinski definition) is 5. The molecule has 1 aromatic heterocycles. The molecule has 0 aliphatic carbocycles. The average Bonchev–Trinajstić information content (AvgIpc) is 2.91. The zero-order valence-electron chi connectivity index (χ0n) is 13.6. The fourth-order valence-corrected chi connectivity index (χ4v) is 3.57. The summed E-state index contributed by atoms with van der Waals surface area (Å²) in [6.07, 6.45) is 1.98. The quantitative estimate of drug-likeness (QED) is 0.806. The minimum absolute atomic E-state index is 0.396. The van der Waals surface area contributed by atoms with Crippen LogP contribution in [-0.2, 0) is 16.8 Å². The highest BCUT2D eigenvalue weighted by molar-refractivity contribution is 7.87. The van der Waals surface area contributed by atoms with Gasteiger partial charge in [-0.3, -0.25) is 4.90 Å². The van der Waals surface area contributed by atoms with Gasteiger partial charge in [-0.2, -0.15) is 12.7 Å². The Balaban J connectivity index is 1.73. The van der Waals surface area contributed by atoms with Crippen LogP contribution in [0.15, 0.2) is 10.6 Å². The summed E-state index contributed by atoms with van der Waals surface area (Å²) in [7, 11) is -1.73. The van der Waals surface area contributed by atoms with E-state index < -0.39 is 10.2 Å². The maximum atomic E-state index is 11.9.